The lowest BCUT2D eigenvalue weighted by Crippen LogP contribution is -2.28. The van der Waals surface area contributed by atoms with E-state index in [4.69, 9.17) is 9.47 Å². The molecule has 1 fully saturated rings. The van der Waals surface area contributed by atoms with E-state index < -0.39 is 0 Å². The van der Waals surface area contributed by atoms with E-state index in [0.717, 1.165) is 77.2 Å². The smallest absolute Gasteiger partial charge is 0.227 e. The van der Waals surface area contributed by atoms with Crippen LogP contribution in [-0.2, 0) is 16.0 Å². The maximum atomic E-state index is 12.4. The van der Waals surface area contributed by atoms with Gasteiger partial charge in [-0.3, -0.25) is 9.59 Å². The van der Waals surface area contributed by atoms with Gasteiger partial charge in [-0.05, 0) is 101 Å². The molecule has 7 heteroatoms. The van der Waals surface area contributed by atoms with Crippen LogP contribution in [0.4, 0.5) is 11.4 Å². The number of aryl methyl sites for hydroxylation is 2. The van der Waals surface area contributed by atoms with Crippen LogP contribution >= 0.6 is 0 Å². The van der Waals surface area contributed by atoms with Crippen molar-refractivity contribution < 1.29 is 19.1 Å². The zero-order valence-electron chi connectivity index (χ0n) is 26.9. The van der Waals surface area contributed by atoms with Crippen LogP contribution in [0.1, 0.15) is 76.5 Å². The molecule has 2 N–H and O–H groups in total. The maximum Gasteiger partial charge on any atom is 0.227 e. The van der Waals surface area contributed by atoms with E-state index >= 15 is 0 Å². The SMILES string of the molecule is CCC(C)C1CCC(C(=O)Nc2ccc(C)c(OC)c2)CC1.CCc1c(C)cc(OCCN(C)C)cc1NC(C)=O. The molecule has 3 rings (SSSR count). The highest BCUT2D eigenvalue weighted by Gasteiger charge is 2.28. The molecular formula is C34H53N3O4. The Bertz CT molecular complexity index is 1120. The molecular weight excluding hydrogens is 514 g/mol. The van der Waals surface area contributed by atoms with Gasteiger partial charge in [0.05, 0.1) is 7.11 Å². The minimum atomic E-state index is -0.0560. The molecule has 0 heterocycles. The fraction of sp³-hybridized carbons (Fsp3) is 0.588. The molecule has 2 amide bonds. The molecule has 2 aromatic rings. The third kappa shape index (κ3) is 11.0. The van der Waals surface area contributed by atoms with E-state index in [1.165, 1.54) is 26.2 Å². The van der Waals surface area contributed by atoms with Gasteiger partial charge in [-0.2, -0.15) is 0 Å². The van der Waals surface area contributed by atoms with Crippen LogP contribution in [0, 0.1) is 31.6 Å². The molecule has 0 aromatic heterocycles. The molecule has 1 aliphatic carbocycles. The summed E-state index contributed by atoms with van der Waals surface area (Å²) in [5.41, 5.74) is 5.07. The quantitative estimate of drug-likeness (QED) is 0.299. The molecule has 0 saturated heterocycles. The van der Waals surface area contributed by atoms with Gasteiger partial charge in [0.15, 0.2) is 0 Å². The van der Waals surface area contributed by atoms with Crippen molar-refractivity contribution in [3.05, 3.63) is 47.0 Å². The summed E-state index contributed by atoms with van der Waals surface area (Å²) >= 11 is 0. The molecule has 0 aliphatic heterocycles. The molecule has 0 radical (unpaired) electrons. The molecule has 1 atom stereocenters. The fourth-order valence-electron chi connectivity index (χ4n) is 5.41. The number of amides is 2. The summed E-state index contributed by atoms with van der Waals surface area (Å²) < 4.78 is 11.0. The monoisotopic (exact) mass is 567 g/mol. The van der Waals surface area contributed by atoms with Crippen molar-refractivity contribution in [3.63, 3.8) is 0 Å². The largest absolute Gasteiger partial charge is 0.496 e. The van der Waals surface area contributed by atoms with E-state index in [1.54, 1.807) is 7.11 Å². The lowest BCUT2D eigenvalue weighted by molar-refractivity contribution is -0.121. The third-order valence-electron chi connectivity index (χ3n) is 8.18. The van der Waals surface area contributed by atoms with E-state index in [1.807, 2.05) is 58.3 Å². The van der Waals surface area contributed by atoms with Crippen LogP contribution in [0.5, 0.6) is 11.5 Å². The maximum absolute atomic E-state index is 12.4. The first-order valence-corrected chi connectivity index (χ1v) is 15.1. The Labute approximate surface area is 248 Å². The standard InChI is InChI=1S/C19H29NO2.C15H24N2O2/c1-5-13(2)15-7-9-16(10-8-15)19(21)20-17-11-6-14(3)18(12-17)22-4;1-6-14-11(2)9-13(19-8-7-17(4)5)10-15(14)16-12(3)18/h6,11-13,15-16H,5,7-10H2,1-4H3,(H,20,21);9-10H,6-8H2,1-5H3,(H,16,18). The second-order valence-electron chi connectivity index (χ2n) is 11.6. The van der Waals surface area contributed by atoms with Gasteiger partial charge < -0.3 is 25.0 Å². The minimum Gasteiger partial charge on any atom is -0.496 e. The topological polar surface area (TPSA) is 79.9 Å². The number of nitrogens with zero attached hydrogens (tertiary/aromatic N) is 1. The van der Waals surface area contributed by atoms with Crippen LogP contribution in [0.25, 0.3) is 0 Å². The number of hydrogen-bond acceptors (Lipinski definition) is 5. The van der Waals surface area contributed by atoms with Crippen molar-refractivity contribution in [1.29, 1.82) is 0 Å². The van der Waals surface area contributed by atoms with E-state index in [0.29, 0.717) is 6.61 Å². The summed E-state index contributed by atoms with van der Waals surface area (Å²) in [6, 6.07) is 9.76. The average molecular weight is 568 g/mol. The lowest BCUT2D eigenvalue weighted by atomic mass is 9.75. The van der Waals surface area contributed by atoms with E-state index in [9.17, 15) is 9.59 Å². The Balaban J connectivity index is 0.000000290. The molecule has 0 spiro atoms. The number of nitrogens with one attached hydrogen (secondary N) is 2. The summed E-state index contributed by atoms with van der Waals surface area (Å²) in [5, 5.41) is 5.93. The van der Waals surface area contributed by atoms with Gasteiger partial charge in [-0.15, -0.1) is 0 Å². The Morgan fingerprint density at radius 2 is 1.68 bits per heavy atom. The summed E-state index contributed by atoms with van der Waals surface area (Å²) in [7, 11) is 5.68. The Kier molecular flexibility index (Phi) is 14.2. The Morgan fingerprint density at radius 3 is 2.24 bits per heavy atom. The minimum absolute atomic E-state index is 0.0560. The summed E-state index contributed by atoms with van der Waals surface area (Å²) in [6.07, 6.45) is 6.53. The Morgan fingerprint density at radius 1 is 1.00 bits per heavy atom. The molecule has 228 valence electrons. The van der Waals surface area contributed by atoms with Gasteiger partial charge >= 0.3 is 0 Å². The first-order chi connectivity index (χ1) is 19.5. The molecule has 0 bridgehead atoms. The van der Waals surface area contributed by atoms with Crippen molar-refractivity contribution in [2.45, 2.75) is 80.1 Å². The van der Waals surface area contributed by atoms with E-state index in [-0.39, 0.29) is 17.7 Å². The number of carbonyl (C=O) groups is 2. The molecule has 1 saturated carbocycles. The van der Waals surface area contributed by atoms with Gasteiger partial charge in [0, 0.05) is 42.9 Å². The lowest BCUT2D eigenvalue weighted by Gasteiger charge is -2.31. The summed E-state index contributed by atoms with van der Waals surface area (Å²) in [5.74, 6) is 3.47. The molecule has 7 nitrogen and oxygen atoms in total. The highest BCUT2D eigenvalue weighted by atomic mass is 16.5. The van der Waals surface area contributed by atoms with Crippen molar-refractivity contribution in [3.8, 4) is 11.5 Å². The van der Waals surface area contributed by atoms with Crippen LogP contribution in [0.3, 0.4) is 0 Å². The van der Waals surface area contributed by atoms with Crippen molar-refractivity contribution in [2.75, 3.05) is 45.0 Å². The second kappa shape index (κ2) is 17.0. The Hall–Kier alpha value is -3.06. The predicted molar refractivity (Wildman–Crippen MR) is 170 cm³/mol. The molecule has 2 aromatic carbocycles. The highest BCUT2D eigenvalue weighted by molar-refractivity contribution is 5.93. The van der Waals surface area contributed by atoms with Gasteiger partial charge in [-0.25, -0.2) is 0 Å². The van der Waals surface area contributed by atoms with Crippen LogP contribution in [0.2, 0.25) is 0 Å². The van der Waals surface area contributed by atoms with Gasteiger partial charge in [0.2, 0.25) is 11.8 Å². The summed E-state index contributed by atoms with van der Waals surface area (Å²) in [4.78, 5) is 25.8. The normalized spacial score (nSPS) is 17.2. The number of anilines is 2. The zero-order valence-corrected chi connectivity index (χ0v) is 26.9. The van der Waals surface area contributed by atoms with Crippen molar-refractivity contribution >= 4 is 23.2 Å². The number of ether oxygens (including phenoxy) is 2. The highest BCUT2D eigenvalue weighted by Crippen LogP contribution is 2.35. The number of likely N-dealkylation sites (N-methyl/N-ethyl adjacent to an activating group) is 1. The fourth-order valence-corrected chi connectivity index (χ4v) is 5.41. The van der Waals surface area contributed by atoms with Crippen LogP contribution in [0.15, 0.2) is 30.3 Å². The molecule has 1 unspecified atom stereocenters. The first kappa shape index (κ1) is 34.1. The molecule has 1 aliphatic rings. The van der Waals surface area contributed by atoms with Crippen LogP contribution in [-0.4, -0.2) is 51.1 Å². The van der Waals surface area contributed by atoms with Crippen molar-refractivity contribution in [2.24, 2.45) is 17.8 Å². The number of hydrogen-bond donors (Lipinski definition) is 2. The van der Waals surface area contributed by atoms with Gasteiger partial charge in [0.1, 0.15) is 18.1 Å². The second-order valence-corrected chi connectivity index (χ2v) is 11.6. The molecule has 41 heavy (non-hydrogen) atoms. The number of carbonyl (C=O) groups excluding carboxylic acids is 2. The number of methoxy groups -OCH3 is 1. The van der Waals surface area contributed by atoms with Gasteiger partial charge in [-0.1, -0.05) is 33.3 Å². The first-order valence-electron chi connectivity index (χ1n) is 15.1. The summed E-state index contributed by atoms with van der Waals surface area (Å²) in [6.45, 7) is 13.7. The average Bonchev–Trinajstić information content (AvgIpc) is 2.93. The number of rotatable bonds is 11. The predicted octanol–water partition coefficient (Wildman–Crippen LogP) is 7.25. The third-order valence-corrected chi connectivity index (χ3v) is 8.18. The number of benzene rings is 2. The van der Waals surface area contributed by atoms with Crippen molar-refractivity contribution in [1.82, 2.24) is 4.90 Å². The van der Waals surface area contributed by atoms with Crippen LogP contribution < -0.4 is 20.1 Å². The van der Waals surface area contributed by atoms with Gasteiger partial charge in [0.25, 0.3) is 0 Å². The zero-order chi connectivity index (χ0) is 30.5. The van der Waals surface area contributed by atoms with E-state index in [2.05, 4.69) is 36.3 Å².